The molecule has 1 atom stereocenters. The predicted molar refractivity (Wildman–Crippen MR) is 89.0 cm³/mol. The zero-order valence-electron chi connectivity index (χ0n) is 13.6. The van der Waals surface area contributed by atoms with E-state index in [0.717, 1.165) is 13.2 Å². The van der Waals surface area contributed by atoms with Crippen LogP contribution in [0.15, 0.2) is 11.4 Å². The molecule has 0 amide bonds. The van der Waals surface area contributed by atoms with Crippen LogP contribution in [0, 0.1) is 6.92 Å². The first kappa shape index (κ1) is 15.5. The van der Waals surface area contributed by atoms with E-state index in [9.17, 15) is 0 Å². The molecule has 1 aromatic heterocycles. The number of thiophene rings is 1. The van der Waals surface area contributed by atoms with Crippen LogP contribution in [0.4, 0.5) is 0 Å². The van der Waals surface area contributed by atoms with Gasteiger partial charge in [-0.2, -0.15) is 0 Å². The molecule has 0 aliphatic carbocycles. The van der Waals surface area contributed by atoms with E-state index in [0.29, 0.717) is 11.6 Å². The summed E-state index contributed by atoms with van der Waals surface area (Å²) in [6, 6.07) is 2.87. The Morgan fingerprint density at radius 3 is 2.71 bits per heavy atom. The molecule has 0 bridgehead atoms. The summed E-state index contributed by atoms with van der Waals surface area (Å²) in [7, 11) is 4.14. The average Bonchev–Trinajstić information content (AvgIpc) is 3.01. The Morgan fingerprint density at radius 2 is 2.10 bits per heavy atom. The second kappa shape index (κ2) is 6.37. The summed E-state index contributed by atoms with van der Waals surface area (Å²) in [6.45, 7) is 6.74. The van der Waals surface area contributed by atoms with Crippen LogP contribution in [0.2, 0.25) is 0 Å². The lowest BCUT2D eigenvalue weighted by atomic mass is 9.85. The quantitative estimate of drug-likeness (QED) is 0.850. The third kappa shape index (κ3) is 3.04. The fourth-order valence-corrected chi connectivity index (χ4v) is 5.03. The van der Waals surface area contributed by atoms with Crippen LogP contribution in [-0.2, 0) is 11.3 Å². The van der Waals surface area contributed by atoms with Gasteiger partial charge < -0.3 is 4.74 Å². The zero-order valence-corrected chi connectivity index (χ0v) is 14.4. The first-order valence-corrected chi connectivity index (χ1v) is 9.00. The Morgan fingerprint density at radius 1 is 1.33 bits per heavy atom. The Bertz CT molecular complexity index is 465. The number of nitrogens with zero attached hydrogens (tertiary/aromatic N) is 2. The number of methoxy groups -OCH3 is 1. The molecule has 3 nitrogen and oxygen atoms in total. The Balaban J connectivity index is 1.57. The maximum Gasteiger partial charge on any atom is 0.0618 e. The summed E-state index contributed by atoms with van der Waals surface area (Å²) in [6.07, 6.45) is 5.28. The van der Waals surface area contributed by atoms with Crippen molar-refractivity contribution in [3.63, 3.8) is 0 Å². The molecule has 2 fully saturated rings. The molecule has 2 aliphatic heterocycles. The molecule has 3 heterocycles. The summed E-state index contributed by atoms with van der Waals surface area (Å²) in [4.78, 5) is 6.81. The lowest BCUT2D eigenvalue weighted by Gasteiger charge is -2.45. The van der Waals surface area contributed by atoms with E-state index in [-0.39, 0.29) is 0 Å². The molecule has 2 saturated heterocycles. The SMILES string of the molecule is COCC1CCC2(CCN(Cc3sccc3C)CC2)N1C. The summed E-state index contributed by atoms with van der Waals surface area (Å²) >= 11 is 1.91. The maximum absolute atomic E-state index is 5.38. The molecule has 1 spiro atoms. The number of rotatable bonds is 4. The molecule has 1 unspecified atom stereocenters. The van der Waals surface area contributed by atoms with E-state index in [2.05, 4.69) is 35.2 Å². The average molecular weight is 308 g/mol. The van der Waals surface area contributed by atoms with E-state index in [1.165, 1.54) is 44.3 Å². The van der Waals surface area contributed by atoms with E-state index in [4.69, 9.17) is 4.74 Å². The van der Waals surface area contributed by atoms with Gasteiger partial charge in [0.25, 0.3) is 0 Å². The van der Waals surface area contributed by atoms with Gasteiger partial charge in [0.2, 0.25) is 0 Å². The van der Waals surface area contributed by atoms with Gasteiger partial charge in [0.1, 0.15) is 0 Å². The minimum absolute atomic E-state index is 0.449. The number of ether oxygens (including phenoxy) is 1. The van der Waals surface area contributed by atoms with Crippen LogP contribution in [0.3, 0.4) is 0 Å². The molecule has 0 aromatic carbocycles. The normalized spacial score (nSPS) is 26.7. The second-order valence-electron chi connectivity index (χ2n) is 6.79. The van der Waals surface area contributed by atoms with E-state index < -0.39 is 0 Å². The number of hydrogen-bond donors (Lipinski definition) is 0. The zero-order chi connectivity index (χ0) is 14.9. The van der Waals surface area contributed by atoms with Crippen molar-refractivity contribution in [2.24, 2.45) is 0 Å². The van der Waals surface area contributed by atoms with Crippen LogP contribution < -0.4 is 0 Å². The van der Waals surface area contributed by atoms with Crippen LogP contribution in [0.5, 0.6) is 0 Å². The van der Waals surface area contributed by atoms with Crippen LogP contribution in [0.1, 0.15) is 36.1 Å². The van der Waals surface area contributed by atoms with Crippen LogP contribution in [-0.4, -0.2) is 55.2 Å². The molecule has 0 N–H and O–H groups in total. The highest BCUT2D eigenvalue weighted by Gasteiger charge is 2.45. The highest BCUT2D eigenvalue weighted by Crippen LogP contribution is 2.40. The summed E-state index contributed by atoms with van der Waals surface area (Å²) in [5.41, 5.74) is 1.91. The number of likely N-dealkylation sites (tertiary alicyclic amines) is 2. The largest absolute Gasteiger partial charge is 0.383 e. The van der Waals surface area contributed by atoms with Crippen molar-refractivity contribution in [3.05, 3.63) is 21.9 Å². The van der Waals surface area contributed by atoms with Crippen molar-refractivity contribution >= 4 is 11.3 Å². The molecule has 0 radical (unpaired) electrons. The number of aryl methyl sites for hydroxylation is 1. The topological polar surface area (TPSA) is 15.7 Å². The first-order valence-electron chi connectivity index (χ1n) is 8.12. The standard InChI is InChI=1S/C17H28N2OS/c1-14-5-11-21-16(14)12-19-9-7-17(8-10-19)6-4-15(13-20-3)18(17)2/h5,11,15H,4,6-10,12-13H2,1-3H3. The lowest BCUT2D eigenvalue weighted by molar-refractivity contribution is 0.0284. The third-order valence-electron chi connectivity index (χ3n) is 5.72. The highest BCUT2D eigenvalue weighted by molar-refractivity contribution is 7.10. The first-order chi connectivity index (χ1) is 10.1. The van der Waals surface area contributed by atoms with Gasteiger partial charge in [-0.25, -0.2) is 0 Å². The predicted octanol–water partition coefficient (Wildman–Crippen LogP) is 3.13. The van der Waals surface area contributed by atoms with Gasteiger partial charge in [0, 0.05) is 43.2 Å². The molecule has 4 heteroatoms. The van der Waals surface area contributed by atoms with Crippen molar-refractivity contribution < 1.29 is 4.74 Å². The van der Waals surface area contributed by atoms with Gasteiger partial charge in [-0.1, -0.05) is 0 Å². The van der Waals surface area contributed by atoms with E-state index >= 15 is 0 Å². The van der Waals surface area contributed by atoms with Crippen molar-refractivity contribution in [3.8, 4) is 0 Å². The molecule has 21 heavy (non-hydrogen) atoms. The number of piperidine rings is 1. The summed E-state index contributed by atoms with van der Waals surface area (Å²) < 4.78 is 5.38. The molecular formula is C17H28N2OS. The number of hydrogen-bond acceptors (Lipinski definition) is 4. The molecular weight excluding hydrogens is 280 g/mol. The van der Waals surface area contributed by atoms with Crippen molar-refractivity contribution in [2.75, 3.05) is 33.9 Å². The minimum Gasteiger partial charge on any atom is -0.383 e. The Labute approximate surface area is 132 Å². The van der Waals surface area contributed by atoms with Crippen molar-refractivity contribution in [1.82, 2.24) is 9.80 Å². The molecule has 3 rings (SSSR count). The molecule has 118 valence electrons. The van der Waals surface area contributed by atoms with Gasteiger partial charge >= 0.3 is 0 Å². The fraction of sp³-hybridized carbons (Fsp3) is 0.765. The monoisotopic (exact) mass is 308 g/mol. The lowest BCUT2D eigenvalue weighted by Crippen LogP contribution is -2.52. The van der Waals surface area contributed by atoms with E-state index in [1.54, 1.807) is 4.88 Å². The minimum atomic E-state index is 0.449. The van der Waals surface area contributed by atoms with Gasteiger partial charge in [0.15, 0.2) is 0 Å². The highest BCUT2D eigenvalue weighted by atomic mass is 32.1. The third-order valence-corrected chi connectivity index (χ3v) is 6.73. The van der Waals surface area contributed by atoms with Crippen LogP contribution in [0.25, 0.3) is 0 Å². The summed E-state index contributed by atoms with van der Waals surface area (Å²) in [5.74, 6) is 0. The Kier molecular flexibility index (Phi) is 4.69. The van der Waals surface area contributed by atoms with Crippen molar-refractivity contribution in [1.29, 1.82) is 0 Å². The van der Waals surface area contributed by atoms with E-state index in [1.807, 2.05) is 18.4 Å². The smallest absolute Gasteiger partial charge is 0.0618 e. The van der Waals surface area contributed by atoms with Crippen LogP contribution >= 0.6 is 11.3 Å². The fourth-order valence-electron chi connectivity index (χ4n) is 4.08. The molecule has 0 saturated carbocycles. The van der Waals surface area contributed by atoms with Gasteiger partial charge in [-0.15, -0.1) is 11.3 Å². The Hall–Kier alpha value is -0.420. The number of likely N-dealkylation sites (N-methyl/N-ethyl adjacent to an activating group) is 1. The van der Waals surface area contributed by atoms with Crippen molar-refractivity contribution in [2.45, 2.75) is 50.7 Å². The molecule has 1 aromatic rings. The second-order valence-corrected chi connectivity index (χ2v) is 7.79. The molecule has 2 aliphatic rings. The van der Waals surface area contributed by atoms with Gasteiger partial charge in [-0.3, -0.25) is 9.80 Å². The summed E-state index contributed by atoms with van der Waals surface area (Å²) in [5, 5.41) is 2.22. The van der Waals surface area contributed by atoms with Gasteiger partial charge in [-0.05, 0) is 56.7 Å². The maximum atomic E-state index is 5.38. The van der Waals surface area contributed by atoms with Gasteiger partial charge in [0.05, 0.1) is 6.61 Å².